The third kappa shape index (κ3) is 2.67. The lowest BCUT2D eigenvalue weighted by molar-refractivity contribution is -0.117. The molecule has 0 bridgehead atoms. The lowest BCUT2D eigenvalue weighted by atomic mass is 9.79. The van der Waals surface area contributed by atoms with E-state index >= 15 is 0 Å². The summed E-state index contributed by atoms with van der Waals surface area (Å²) in [6.07, 6.45) is 4.15. The first-order chi connectivity index (χ1) is 13.1. The summed E-state index contributed by atoms with van der Waals surface area (Å²) in [5.74, 6) is 1.47. The molecule has 3 aromatic rings. The van der Waals surface area contributed by atoms with Crippen LogP contribution in [0, 0.1) is 0 Å². The number of benzene rings is 1. The number of nitrogens with one attached hydrogen (secondary N) is 1. The second-order valence-corrected chi connectivity index (χ2v) is 7.48. The van der Waals surface area contributed by atoms with Crippen molar-refractivity contribution in [1.82, 2.24) is 14.8 Å². The van der Waals surface area contributed by atoms with E-state index in [0.717, 1.165) is 17.0 Å². The Morgan fingerprint density at radius 3 is 2.85 bits per heavy atom. The zero-order valence-corrected chi connectivity index (χ0v) is 15.5. The van der Waals surface area contributed by atoms with Crippen LogP contribution in [-0.2, 0) is 4.79 Å². The van der Waals surface area contributed by atoms with E-state index in [1.807, 2.05) is 18.2 Å². The quantitative estimate of drug-likeness (QED) is 0.680. The maximum absolute atomic E-state index is 13.1. The average molecular weight is 401 g/mol. The fourth-order valence-corrected chi connectivity index (χ4v) is 4.17. The van der Waals surface area contributed by atoms with E-state index in [1.165, 1.54) is 6.33 Å². The van der Waals surface area contributed by atoms with E-state index in [0.29, 0.717) is 34.4 Å². The number of allylic oxidation sites excluding steroid dienone is 2. The third-order valence-electron chi connectivity index (χ3n) is 5.07. The monoisotopic (exact) mass is 400 g/mol. The molecule has 0 radical (unpaired) electrons. The highest BCUT2D eigenvalue weighted by atomic mass is 35.5. The number of furan rings is 1. The third-order valence-corrected chi connectivity index (χ3v) is 5.81. The number of carbonyl (C=O) groups excluding carboxylic acids is 1. The lowest BCUT2D eigenvalue weighted by Gasteiger charge is -2.34. The molecule has 0 fully saturated rings. The van der Waals surface area contributed by atoms with E-state index in [-0.39, 0.29) is 11.7 Å². The molecule has 0 saturated carbocycles. The van der Waals surface area contributed by atoms with Crippen molar-refractivity contribution >= 4 is 34.9 Å². The molecule has 3 heterocycles. The number of carbonyl (C=O) groups is 1. The minimum absolute atomic E-state index is 0.00248. The minimum Gasteiger partial charge on any atom is -0.469 e. The van der Waals surface area contributed by atoms with Crippen LogP contribution in [-0.4, -0.2) is 20.5 Å². The standard InChI is InChI=1S/C19H14Cl2N4O2/c20-12-4-3-10(6-13(12)21)18-17-14(24-19-22-9-23-25(18)19)7-11(8-15(17)26)16-2-1-5-27-16/h1-6,9,11,18H,7-8H2,(H,22,23,24)/t11-,18+/m0/s1. The molecule has 1 aliphatic carbocycles. The van der Waals surface area contributed by atoms with Crippen LogP contribution in [0.3, 0.4) is 0 Å². The van der Waals surface area contributed by atoms with Gasteiger partial charge in [0.25, 0.3) is 0 Å². The molecule has 1 N–H and O–H groups in total. The Morgan fingerprint density at radius 2 is 2.07 bits per heavy atom. The number of hydrogen-bond acceptors (Lipinski definition) is 5. The first kappa shape index (κ1) is 16.6. The Kier molecular flexibility index (Phi) is 3.84. The number of rotatable bonds is 2. The Labute approximate surface area is 164 Å². The van der Waals surface area contributed by atoms with E-state index < -0.39 is 6.04 Å². The summed E-state index contributed by atoms with van der Waals surface area (Å²) in [5, 5.41) is 8.50. The van der Waals surface area contributed by atoms with Crippen molar-refractivity contribution < 1.29 is 9.21 Å². The van der Waals surface area contributed by atoms with Gasteiger partial charge in [-0.25, -0.2) is 4.68 Å². The second kappa shape index (κ2) is 6.25. The van der Waals surface area contributed by atoms with Gasteiger partial charge in [0.15, 0.2) is 5.78 Å². The number of anilines is 1. The molecular formula is C19H14Cl2N4O2. The average Bonchev–Trinajstić information content (AvgIpc) is 3.33. The van der Waals surface area contributed by atoms with Crippen LogP contribution in [0.25, 0.3) is 0 Å². The van der Waals surface area contributed by atoms with Crippen LogP contribution in [0.5, 0.6) is 0 Å². The van der Waals surface area contributed by atoms with Crippen LogP contribution >= 0.6 is 23.2 Å². The van der Waals surface area contributed by atoms with E-state index in [1.54, 1.807) is 23.1 Å². The Balaban J connectivity index is 1.63. The van der Waals surface area contributed by atoms with Gasteiger partial charge in [-0.15, -0.1) is 0 Å². The molecule has 0 saturated heterocycles. The van der Waals surface area contributed by atoms with Gasteiger partial charge in [-0.1, -0.05) is 29.3 Å². The van der Waals surface area contributed by atoms with Gasteiger partial charge in [-0.3, -0.25) is 4.79 Å². The lowest BCUT2D eigenvalue weighted by Crippen LogP contribution is -2.33. The number of ketones is 1. The van der Waals surface area contributed by atoms with Gasteiger partial charge >= 0.3 is 0 Å². The molecule has 6 nitrogen and oxygen atoms in total. The zero-order valence-electron chi connectivity index (χ0n) is 14.0. The van der Waals surface area contributed by atoms with Crippen molar-refractivity contribution in [2.45, 2.75) is 24.8 Å². The Morgan fingerprint density at radius 1 is 1.19 bits per heavy atom. The van der Waals surface area contributed by atoms with Gasteiger partial charge in [0.1, 0.15) is 18.1 Å². The van der Waals surface area contributed by atoms with Gasteiger partial charge < -0.3 is 9.73 Å². The zero-order chi connectivity index (χ0) is 18.5. The van der Waals surface area contributed by atoms with Gasteiger partial charge in [0.2, 0.25) is 5.95 Å². The smallest absolute Gasteiger partial charge is 0.226 e. The first-order valence-corrected chi connectivity index (χ1v) is 9.28. The van der Waals surface area contributed by atoms with Gasteiger partial charge in [-0.2, -0.15) is 10.1 Å². The number of Topliss-reactive ketones (excluding diaryl/α,β-unsaturated/α-hetero) is 1. The fourth-order valence-electron chi connectivity index (χ4n) is 3.87. The molecular weight excluding hydrogens is 387 g/mol. The van der Waals surface area contributed by atoms with E-state index in [2.05, 4.69) is 15.4 Å². The predicted molar refractivity (Wildman–Crippen MR) is 101 cm³/mol. The molecule has 2 aliphatic rings. The summed E-state index contributed by atoms with van der Waals surface area (Å²) in [6, 6.07) is 8.74. The number of halogens is 2. The van der Waals surface area contributed by atoms with Crippen LogP contribution < -0.4 is 5.32 Å². The first-order valence-electron chi connectivity index (χ1n) is 8.53. The maximum atomic E-state index is 13.1. The molecule has 2 aromatic heterocycles. The van der Waals surface area contributed by atoms with Crippen molar-refractivity contribution in [2.75, 3.05) is 5.32 Å². The van der Waals surface area contributed by atoms with Gasteiger partial charge in [-0.05, 0) is 36.2 Å². The van der Waals surface area contributed by atoms with Crippen LogP contribution in [0.2, 0.25) is 10.0 Å². The molecule has 136 valence electrons. The van der Waals surface area contributed by atoms with Gasteiger partial charge in [0.05, 0.1) is 16.3 Å². The maximum Gasteiger partial charge on any atom is 0.226 e. The summed E-state index contributed by atoms with van der Waals surface area (Å²) in [7, 11) is 0. The summed E-state index contributed by atoms with van der Waals surface area (Å²) >= 11 is 12.3. The Hall–Kier alpha value is -2.57. The molecule has 2 atom stereocenters. The highest BCUT2D eigenvalue weighted by Crippen LogP contribution is 2.44. The molecule has 5 rings (SSSR count). The topological polar surface area (TPSA) is 73.0 Å². The van der Waals surface area contributed by atoms with Crippen molar-refractivity contribution in [3.05, 3.63) is 75.6 Å². The van der Waals surface area contributed by atoms with E-state index in [9.17, 15) is 4.79 Å². The molecule has 8 heteroatoms. The molecule has 0 unspecified atom stereocenters. The summed E-state index contributed by atoms with van der Waals surface area (Å²) in [6.45, 7) is 0. The fraction of sp³-hybridized carbons (Fsp3) is 0.211. The highest BCUT2D eigenvalue weighted by molar-refractivity contribution is 6.42. The Bertz CT molecular complexity index is 1070. The molecule has 0 spiro atoms. The van der Waals surface area contributed by atoms with Crippen LogP contribution in [0.1, 0.15) is 36.1 Å². The minimum atomic E-state index is -0.390. The molecule has 1 aliphatic heterocycles. The van der Waals surface area contributed by atoms with E-state index in [4.69, 9.17) is 27.6 Å². The molecule has 0 amide bonds. The number of nitrogens with zero attached hydrogens (tertiary/aromatic N) is 3. The normalized spacial score (nSPS) is 21.6. The van der Waals surface area contributed by atoms with Crippen molar-refractivity contribution in [3.8, 4) is 0 Å². The second-order valence-electron chi connectivity index (χ2n) is 6.67. The predicted octanol–water partition coefficient (Wildman–Crippen LogP) is 4.59. The van der Waals surface area contributed by atoms with Crippen LogP contribution in [0.15, 0.2) is 58.6 Å². The number of aromatic nitrogens is 3. The molecule has 27 heavy (non-hydrogen) atoms. The highest BCUT2D eigenvalue weighted by Gasteiger charge is 2.39. The van der Waals surface area contributed by atoms with Crippen molar-refractivity contribution in [1.29, 1.82) is 0 Å². The SMILES string of the molecule is O=C1C[C@@H](c2ccco2)CC2=C1[C@@H](c1ccc(Cl)c(Cl)c1)n1ncnc1N2. The summed E-state index contributed by atoms with van der Waals surface area (Å²) in [5.41, 5.74) is 2.38. The number of fused-ring (bicyclic) bond motifs is 1. The molecule has 1 aromatic carbocycles. The summed E-state index contributed by atoms with van der Waals surface area (Å²) < 4.78 is 7.24. The summed E-state index contributed by atoms with van der Waals surface area (Å²) in [4.78, 5) is 17.4. The van der Waals surface area contributed by atoms with Gasteiger partial charge in [0, 0.05) is 23.6 Å². The van der Waals surface area contributed by atoms with Crippen molar-refractivity contribution in [3.63, 3.8) is 0 Å². The number of hydrogen-bond donors (Lipinski definition) is 1. The largest absolute Gasteiger partial charge is 0.469 e. The van der Waals surface area contributed by atoms with Crippen LogP contribution in [0.4, 0.5) is 5.95 Å². The van der Waals surface area contributed by atoms with Crippen molar-refractivity contribution in [2.24, 2.45) is 0 Å².